The minimum absolute atomic E-state index is 0.202. The average molecular weight is 392 g/mol. The number of fused-ring (bicyclic) bond motifs is 2. The van der Waals surface area contributed by atoms with Gasteiger partial charge in [0.25, 0.3) is 0 Å². The zero-order valence-corrected chi connectivity index (χ0v) is 15.6. The van der Waals surface area contributed by atoms with Gasteiger partial charge in [-0.05, 0) is 31.2 Å². The molecular weight excluding hydrogens is 375 g/mol. The van der Waals surface area contributed by atoms with Crippen LogP contribution in [0.3, 0.4) is 0 Å². The summed E-state index contributed by atoms with van der Waals surface area (Å²) in [7, 11) is 0. The highest BCUT2D eigenvalue weighted by molar-refractivity contribution is 5.70. The Hall–Kier alpha value is -3.75. The molecule has 0 saturated heterocycles. The number of halogens is 1. The van der Waals surface area contributed by atoms with E-state index in [1.54, 1.807) is 24.5 Å². The predicted molar refractivity (Wildman–Crippen MR) is 105 cm³/mol. The van der Waals surface area contributed by atoms with E-state index in [0.717, 1.165) is 16.8 Å². The molecule has 3 aromatic heterocycles. The number of hydrogen-bond acceptors (Lipinski definition) is 6. The molecule has 9 heteroatoms. The number of benzene rings is 1. The second-order valence-corrected chi connectivity index (χ2v) is 6.77. The normalized spacial score (nSPS) is 12.8. The molecule has 1 aromatic carbocycles. The molecule has 0 amide bonds. The zero-order valence-electron chi connectivity index (χ0n) is 15.6. The SMILES string of the molecule is Cc1ncccc1-c1cnc(NCc2c(F)ccc3c2CCO3)c2n[nH]c(=O)n12. The summed E-state index contributed by atoms with van der Waals surface area (Å²) < 4.78 is 21.4. The molecule has 146 valence electrons. The van der Waals surface area contributed by atoms with Gasteiger partial charge >= 0.3 is 5.69 Å². The van der Waals surface area contributed by atoms with Gasteiger partial charge in [0.2, 0.25) is 5.65 Å². The minimum Gasteiger partial charge on any atom is -0.493 e. The van der Waals surface area contributed by atoms with Gasteiger partial charge in [0.15, 0.2) is 5.82 Å². The van der Waals surface area contributed by atoms with Crippen molar-refractivity contribution in [3.8, 4) is 17.0 Å². The molecule has 0 unspecified atom stereocenters. The third-order valence-corrected chi connectivity index (χ3v) is 5.10. The van der Waals surface area contributed by atoms with Crippen LogP contribution >= 0.6 is 0 Å². The Balaban J connectivity index is 1.55. The lowest BCUT2D eigenvalue weighted by atomic mass is 10.0. The van der Waals surface area contributed by atoms with Crippen LogP contribution in [0.2, 0.25) is 0 Å². The number of anilines is 1. The van der Waals surface area contributed by atoms with Crippen LogP contribution in [0.15, 0.2) is 41.5 Å². The highest BCUT2D eigenvalue weighted by atomic mass is 19.1. The smallest absolute Gasteiger partial charge is 0.348 e. The number of aryl methyl sites for hydroxylation is 1. The second-order valence-electron chi connectivity index (χ2n) is 6.77. The van der Waals surface area contributed by atoms with E-state index >= 15 is 0 Å². The number of aromatic amines is 1. The van der Waals surface area contributed by atoms with Gasteiger partial charge in [0, 0.05) is 41.5 Å². The molecule has 1 aliphatic heterocycles. The van der Waals surface area contributed by atoms with Crippen molar-refractivity contribution in [2.75, 3.05) is 11.9 Å². The van der Waals surface area contributed by atoms with Crippen LogP contribution in [0, 0.1) is 12.7 Å². The van der Waals surface area contributed by atoms with Crippen molar-refractivity contribution in [3.63, 3.8) is 0 Å². The van der Waals surface area contributed by atoms with Crippen LogP contribution in [0.5, 0.6) is 5.75 Å². The maximum atomic E-state index is 14.4. The lowest BCUT2D eigenvalue weighted by molar-refractivity contribution is 0.356. The lowest BCUT2D eigenvalue weighted by Gasteiger charge is -2.12. The topological polar surface area (TPSA) is 97.2 Å². The van der Waals surface area contributed by atoms with Gasteiger partial charge in [-0.2, -0.15) is 0 Å². The van der Waals surface area contributed by atoms with E-state index < -0.39 is 0 Å². The van der Waals surface area contributed by atoms with Crippen LogP contribution in [0.25, 0.3) is 16.9 Å². The van der Waals surface area contributed by atoms with Crippen LogP contribution in [-0.2, 0) is 13.0 Å². The number of nitrogens with one attached hydrogen (secondary N) is 2. The van der Waals surface area contributed by atoms with Crippen molar-refractivity contribution >= 4 is 11.5 Å². The van der Waals surface area contributed by atoms with E-state index in [-0.39, 0.29) is 18.1 Å². The summed E-state index contributed by atoms with van der Waals surface area (Å²) in [4.78, 5) is 21.1. The third kappa shape index (κ3) is 2.82. The third-order valence-electron chi connectivity index (χ3n) is 5.10. The first-order valence-electron chi connectivity index (χ1n) is 9.18. The summed E-state index contributed by atoms with van der Waals surface area (Å²) in [6, 6.07) is 6.72. The number of hydrogen-bond donors (Lipinski definition) is 2. The van der Waals surface area contributed by atoms with E-state index in [1.807, 2.05) is 13.0 Å². The van der Waals surface area contributed by atoms with Crippen LogP contribution in [-0.4, -0.2) is 31.2 Å². The molecule has 0 aliphatic carbocycles. The van der Waals surface area contributed by atoms with Crippen LogP contribution < -0.4 is 15.7 Å². The number of pyridine rings is 1. The molecule has 8 nitrogen and oxygen atoms in total. The molecular formula is C20H17FN6O2. The summed E-state index contributed by atoms with van der Waals surface area (Å²) in [5.41, 5.74) is 3.47. The van der Waals surface area contributed by atoms with E-state index in [2.05, 4.69) is 25.5 Å². The number of nitrogens with zero attached hydrogens (tertiary/aromatic N) is 4. The summed E-state index contributed by atoms with van der Waals surface area (Å²) >= 11 is 0. The fraction of sp³-hybridized carbons (Fsp3) is 0.200. The lowest BCUT2D eigenvalue weighted by Crippen LogP contribution is -2.14. The Labute approximate surface area is 164 Å². The standard InChI is InChI=1S/C20H17FN6O2/c1-11-12(3-2-7-22-11)16-10-24-18(19-25-26-20(28)27(16)19)23-9-14-13-6-8-29-17(13)5-4-15(14)21/h2-5,7,10H,6,8-9H2,1H3,(H,23,24)(H,26,28). The number of aromatic nitrogens is 5. The average Bonchev–Trinajstić information content (AvgIpc) is 3.35. The molecule has 0 bridgehead atoms. The van der Waals surface area contributed by atoms with Crippen molar-refractivity contribution in [3.05, 3.63) is 69.8 Å². The molecule has 2 N–H and O–H groups in total. The maximum absolute atomic E-state index is 14.4. The Kier molecular flexibility index (Phi) is 4.01. The number of rotatable bonds is 4. The van der Waals surface area contributed by atoms with Gasteiger partial charge in [-0.15, -0.1) is 5.10 Å². The van der Waals surface area contributed by atoms with Crippen molar-refractivity contribution in [1.29, 1.82) is 0 Å². The fourth-order valence-corrected chi connectivity index (χ4v) is 3.67. The molecule has 0 saturated carbocycles. The van der Waals surface area contributed by atoms with Crippen molar-refractivity contribution < 1.29 is 9.13 Å². The zero-order chi connectivity index (χ0) is 20.0. The van der Waals surface area contributed by atoms with Crippen molar-refractivity contribution in [2.45, 2.75) is 19.9 Å². The molecule has 1 aliphatic rings. The van der Waals surface area contributed by atoms with Gasteiger partial charge in [-0.1, -0.05) is 0 Å². The first-order chi connectivity index (χ1) is 14.1. The van der Waals surface area contributed by atoms with E-state index in [1.165, 1.54) is 10.5 Å². The van der Waals surface area contributed by atoms with Crippen LogP contribution in [0.4, 0.5) is 10.2 Å². The highest BCUT2D eigenvalue weighted by Gasteiger charge is 2.20. The summed E-state index contributed by atoms with van der Waals surface area (Å²) in [5, 5.41) is 9.68. The van der Waals surface area contributed by atoms with Gasteiger partial charge in [0.05, 0.1) is 18.5 Å². The highest BCUT2D eigenvalue weighted by Crippen LogP contribution is 2.31. The van der Waals surface area contributed by atoms with E-state index in [4.69, 9.17) is 4.74 Å². The number of ether oxygens (including phenoxy) is 1. The van der Waals surface area contributed by atoms with Crippen LogP contribution in [0.1, 0.15) is 16.8 Å². The summed E-state index contributed by atoms with van der Waals surface area (Å²) in [5.74, 6) is 0.782. The molecule has 4 aromatic rings. The Morgan fingerprint density at radius 1 is 1.31 bits per heavy atom. The van der Waals surface area contributed by atoms with Crippen molar-refractivity contribution in [2.24, 2.45) is 0 Å². The van der Waals surface area contributed by atoms with Gasteiger partial charge in [0.1, 0.15) is 11.6 Å². The molecule has 5 rings (SSSR count). The number of H-pyrrole nitrogens is 1. The Morgan fingerprint density at radius 2 is 2.21 bits per heavy atom. The summed E-state index contributed by atoms with van der Waals surface area (Å²) in [6.07, 6.45) is 3.94. The molecule has 0 fully saturated rings. The van der Waals surface area contributed by atoms with E-state index in [0.29, 0.717) is 41.5 Å². The van der Waals surface area contributed by atoms with Gasteiger partial charge in [-0.3, -0.25) is 4.98 Å². The molecule has 4 heterocycles. The molecule has 0 atom stereocenters. The molecule has 0 radical (unpaired) electrons. The fourth-order valence-electron chi connectivity index (χ4n) is 3.67. The summed E-state index contributed by atoms with van der Waals surface area (Å²) in [6.45, 7) is 2.61. The minimum atomic E-state index is -0.385. The first kappa shape index (κ1) is 17.4. The Bertz CT molecular complexity index is 1300. The van der Waals surface area contributed by atoms with Gasteiger partial charge in [-0.25, -0.2) is 23.7 Å². The van der Waals surface area contributed by atoms with Crippen molar-refractivity contribution in [1.82, 2.24) is 24.6 Å². The first-order valence-corrected chi connectivity index (χ1v) is 9.18. The maximum Gasteiger partial charge on any atom is 0.348 e. The monoisotopic (exact) mass is 392 g/mol. The van der Waals surface area contributed by atoms with Gasteiger partial charge < -0.3 is 10.1 Å². The second kappa shape index (κ2) is 6.69. The predicted octanol–water partition coefficient (Wildman–Crippen LogP) is 2.47. The quantitative estimate of drug-likeness (QED) is 0.554. The molecule has 29 heavy (non-hydrogen) atoms. The van der Waals surface area contributed by atoms with E-state index in [9.17, 15) is 9.18 Å². The largest absolute Gasteiger partial charge is 0.493 e. The molecule has 0 spiro atoms. The Morgan fingerprint density at radius 3 is 3.07 bits per heavy atom.